The van der Waals surface area contributed by atoms with E-state index in [-0.39, 0.29) is 0 Å². The van der Waals surface area contributed by atoms with E-state index in [0.717, 1.165) is 0 Å². The van der Waals surface area contributed by atoms with Crippen LogP contribution in [0.4, 0.5) is 0 Å². The van der Waals surface area contributed by atoms with E-state index >= 15 is 0 Å². The summed E-state index contributed by atoms with van der Waals surface area (Å²) in [6.07, 6.45) is 0. The van der Waals surface area contributed by atoms with Crippen molar-refractivity contribution in [1.82, 2.24) is 0 Å². The zero-order valence-electron chi connectivity index (χ0n) is 2.21. The Bertz CT molecular complexity index is 45.6. The first-order valence-electron chi connectivity index (χ1n) is 0.885. The normalized spacial score (nSPS) is 12.2. The van der Waals surface area contributed by atoms with Gasteiger partial charge in [0.15, 0.2) is 0 Å². The molecule has 0 aromatic heterocycles. The van der Waals surface area contributed by atoms with Gasteiger partial charge in [0.1, 0.15) is 0 Å². The van der Waals surface area contributed by atoms with Crippen LogP contribution >= 0.6 is 45.8 Å². The molecule has 0 atom stereocenters. The van der Waals surface area contributed by atoms with Gasteiger partial charge in [0.05, 0.1) is 3.04 Å². The number of rotatable bonds is 0. The Morgan fingerprint density at radius 1 is 1.80 bits per heavy atom. The highest BCUT2D eigenvalue weighted by molar-refractivity contribution is 14.1. The molecule has 0 aliphatic carbocycles. The van der Waals surface area contributed by atoms with Crippen LogP contribution < -0.4 is 0 Å². The van der Waals surface area contributed by atoms with Crippen LogP contribution in [-0.4, -0.2) is 0 Å². The highest BCUT2D eigenvalue weighted by Crippen LogP contribution is 2.10. The van der Waals surface area contributed by atoms with Gasteiger partial charge in [-0.3, -0.25) is 0 Å². The second-order valence-electron chi connectivity index (χ2n) is 0.399. The molecule has 0 rings (SSSR count). The van der Waals surface area contributed by atoms with E-state index in [9.17, 15) is 0 Å². The van der Waals surface area contributed by atoms with E-state index in [1.165, 1.54) is 5.54 Å². The van der Waals surface area contributed by atoms with Crippen molar-refractivity contribution < 1.29 is 0 Å². The monoisotopic (exact) mass is 222 g/mol. The minimum absolute atomic E-state index is 0.587. The topological polar surface area (TPSA) is 0 Å². The fraction of sp³-hybridized carbons (Fsp3) is 0. The summed E-state index contributed by atoms with van der Waals surface area (Å²) in [4.78, 5) is 0. The van der Waals surface area contributed by atoms with Gasteiger partial charge in [0, 0.05) is 5.54 Å². The largest absolute Gasteiger partial charge is 0.0908 e. The van der Waals surface area contributed by atoms with Crippen molar-refractivity contribution in [3.05, 3.63) is 8.57 Å². The van der Waals surface area contributed by atoms with E-state index in [0.29, 0.717) is 3.04 Å². The molecule has 0 spiro atoms. The maximum absolute atomic E-state index is 5.18. The minimum atomic E-state index is 0.587. The smallest absolute Gasteiger partial charge is 0.0901 e. The Labute approximate surface area is 54.3 Å². The second kappa shape index (κ2) is 3.25. The van der Waals surface area contributed by atoms with Crippen molar-refractivity contribution in [3.63, 3.8) is 0 Å². The van der Waals surface area contributed by atoms with Crippen molar-refractivity contribution in [3.8, 4) is 0 Å². The quantitative estimate of drug-likeness (QED) is 0.553. The van der Waals surface area contributed by atoms with E-state index in [1.807, 2.05) is 22.6 Å². The lowest BCUT2D eigenvalue weighted by atomic mass is 11.3. The zero-order valence-corrected chi connectivity index (χ0v) is 5.88. The Balaban J connectivity index is 3.14. The van der Waals surface area contributed by atoms with Gasteiger partial charge in [0.25, 0.3) is 0 Å². The molecule has 0 nitrogen and oxygen atoms in total. The number of hydrogen-bond acceptors (Lipinski definition) is 0. The van der Waals surface area contributed by atoms with Crippen molar-refractivity contribution in [2.24, 2.45) is 0 Å². The molecule has 0 saturated heterocycles. The molecule has 0 unspecified atom stereocenters. The highest BCUT2D eigenvalue weighted by atomic mass is 127. The first kappa shape index (κ1) is 6.05. The molecule has 0 N–H and O–H groups in total. The maximum atomic E-state index is 5.18. The minimum Gasteiger partial charge on any atom is -0.0908 e. The number of hydrogen-bond donors (Lipinski definition) is 0. The van der Waals surface area contributed by atoms with E-state index in [1.54, 1.807) is 0 Å². The molecule has 0 aromatic rings. The summed E-state index contributed by atoms with van der Waals surface area (Å²) in [5.74, 6) is 0. The van der Waals surface area contributed by atoms with Crippen LogP contribution in [0.3, 0.4) is 0 Å². The average Bonchev–Trinajstić information content (AvgIpc) is 1.38. The van der Waals surface area contributed by atoms with E-state index in [2.05, 4.69) is 0 Å². The molecule has 3 heteroatoms. The van der Waals surface area contributed by atoms with E-state index < -0.39 is 0 Å². The second-order valence-corrected chi connectivity index (χ2v) is 2.82. The molecule has 0 aliphatic heterocycles. The average molecular weight is 223 g/mol. The highest BCUT2D eigenvalue weighted by Gasteiger charge is 1.69. The van der Waals surface area contributed by atoms with Crippen LogP contribution in [0.1, 0.15) is 0 Å². The predicted molar refractivity (Wildman–Crippen MR) is 33.8 cm³/mol. The third-order valence-electron chi connectivity index (χ3n) is 0.0825. The van der Waals surface area contributed by atoms with Crippen molar-refractivity contribution in [2.45, 2.75) is 0 Å². The summed E-state index contributed by atoms with van der Waals surface area (Å²) in [5, 5.41) is 0. The van der Waals surface area contributed by atoms with Gasteiger partial charge < -0.3 is 0 Å². The van der Waals surface area contributed by atoms with Crippen LogP contribution in [0.2, 0.25) is 0 Å². The molecular formula is C2HCl2I. The molecule has 0 amide bonds. The lowest BCUT2D eigenvalue weighted by Gasteiger charge is -1.65. The maximum Gasteiger partial charge on any atom is 0.0901 e. The van der Waals surface area contributed by atoms with Crippen LogP contribution in [0.5, 0.6) is 0 Å². The Hall–Kier alpha value is 1.05. The Morgan fingerprint density at radius 3 is 2.00 bits per heavy atom. The fourth-order valence-electron chi connectivity index (χ4n) is 0. The summed E-state index contributed by atoms with van der Waals surface area (Å²) in [6.45, 7) is 0. The summed E-state index contributed by atoms with van der Waals surface area (Å²) in [5.41, 5.74) is 1.31. The molecule has 0 fully saturated rings. The predicted octanol–water partition coefficient (Wildman–Crippen LogP) is 2.70. The Morgan fingerprint density at radius 2 is 2.00 bits per heavy atom. The SMILES string of the molecule is ClC=C(Cl)I. The lowest BCUT2D eigenvalue weighted by Crippen LogP contribution is -1.31. The first-order valence-corrected chi connectivity index (χ1v) is 2.78. The molecule has 5 heavy (non-hydrogen) atoms. The standard InChI is InChI=1S/C2HCl2I/c3-1-2(4)5/h1H. The summed E-state index contributed by atoms with van der Waals surface area (Å²) in [6, 6.07) is 0. The van der Waals surface area contributed by atoms with Crippen LogP contribution in [0.25, 0.3) is 0 Å². The van der Waals surface area contributed by atoms with Crippen LogP contribution in [0.15, 0.2) is 8.57 Å². The van der Waals surface area contributed by atoms with Gasteiger partial charge in [-0.25, -0.2) is 0 Å². The summed E-state index contributed by atoms with van der Waals surface area (Å²) < 4.78 is 0.587. The molecule has 0 aliphatic rings. The molecule has 0 radical (unpaired) electrons. The molecule has 0 heterocycles. The van der Waals surface area contributed by atoms with Gasteiger partial charge in [-0.15, -0.1) is 0 Å². The molecule has 0 saturated carbocycles. The van der Waals surface area contributed by atoms with Crippen molar-refractivity contribution in [2.75, 3.05) is 0 Å². The van der Waals surface area contributed by atoms with Crippen LogP contribution in [-0.2, 0) is 0 Å². The van der Waals surface area contributed by atoms with E-state index in [4.69, 9.17) is 23.2 Å². The van der Waals surface area contributed by atoms with Crippen LogP contribution in [0, 0.1) is 0 Å². The summed E-state index contributed by atoms with van der Waals surface area (Å²) >= 11 is 12.1. The summed E-state index contributed by atoms with van der Waals surface area (Å²) in [7, 11) is 0. The van der Waals surface area contributed by atoms with Gasteiger partial charge in [-0.2, -0.15) is 0 Å². The number of halogens is 3. The van der Waals surface area contributed by atoms with Gasteiger partial charge in [-0.1, -0.05) is 23.2 Å². The molecular weight excluding hydrogens is 222 g/mol. The van der Waals surface area contributed by atoms with Gasteiger partial charge in [-0.05, 0) is 22.6 Å². The fourth-order valence-corrected chi connectivity index (χ4v) is 0. The lowest BCUT2D eigenvalue weighted by molar-refractivity contribution is 2.47. The van der Waals surface area contributed by atoms with Gasteiger partial charge >= 0.3 is 0 Å². The van der Waals surface area contributed by atoms with Crippen molar-refractivity contribution in [1.29, 1.82) is 0 Å². The Kier molecular flexibility index (Phi) is 3.93. The third-order valence-corrected chi connectivity index (χ3v) is 1.20. The van der Waals surface area contributed by atoms with Crippen molar-refractivity contribution >= 4 is 45.8 Å². The molecule has 30 valence electrons. The first-order chi connectivity index (χ1) is 2.27. The van der Waals surface area contributed by atoms with Gasteiger partial charge in [0.2, 0.25) is 0 Å². The zero-order chi connectivity index (χ0) is 4.28. The third kappa shape index (κ3) is 5.05. The molecule has 0 bridgehead atoms. The molecule has 0 aromatic carbocycles.